The molecule has 3 saturated carbocycles. The zero-order valence-electron chi connectivity index (χ0n) is 20.9. The third-order valence-corrected chi connectivity index (χ3v) is 9.20. The van der Waals surface area contributed by atoms with Crippen molar-refractivity contribution in [3.05, 3.63) is 12.2 Å². The zero-order chi connectivity index (χ0) is 22.8. The fourth-order valence-corrected chi connectivity index (χ4v) is 6.89. The topological polar surface area (TPSA) is 46.5 Å². The van der Waals surface area contributed by atoms with Crippen LogP contribution in [0.2, 0.25) is 0 Å². The second-order valence-electron chi connectivity index (χ2n) is 11.4. The molecule has 3 fully saturated rings. The van der Waals surface area contributed by atoms with Gasteiger partial charge >= 0.3 is 5.97 Å². The van der Waals surface area contributed by atoms with E-state index in [9.17, 15) is 4.79 Å². The summed E-state index contributed by atoms with van der Waals surface area (Å²) in [5, 5.41) is 9.03. The summed E-state index contributed by atoms with van der Waals surface area (Å²) in [5.74, 6) is 4.36. The van der Waals surface area contributed by atoms with Gasteiger partial charge in [0.05, 0.1) is 12.2 Å². The van der Waals surface area contributed by atoms with Crippen LogP contribution in [0.3, 0.4) is 0 Å². The average molecular weight is 447 g/mol. The number of hydrogen-bond acceptors (Lipinski definition) is 3. The van der Waals surface area contributed by atoms with E-state index in [4.69, 9.17) is 9.84 Å². The Hall–Kier alpha value is -0.830. The fraction of sp³-hybridized carbons (Fsp3) is 0.897. The van der Waals surface area contributed by atoms with Crippen LogP contribution in [-0.4, -0.2) is 23.8 Å². The van der Waals surface area contributed by atoms with Crippen molar-refractivity contribution < 1.29 is 14.6 Å². The number of esters is 1. The van der Waals surface area contributed by atoms with Crippen molar-refractivity contribution in [2.24, 2.45) is 29.6 Å². The predicted molar refractivity (Wildman–Crippen MR) is 132 cm³/mol. The van der Waals surface area contributed by atoms with Crippen LogP contribution in [-0.2, 0) is 9.53 Å². The molecule has 0 spiro atoms. The van der Waals surface area contributed by atoms with Gasteiger partial charge in [-0.3, -0.25) is 0 Å². The number of rotatable bonds is 11. The molecule has 3 heteroatoms. The molecule has 0 aromatic heterocycles. The molecule has 3 aliphatic rings. The normalized spacial score (nSPS) is 33.6. The summed E-state index contributed by atoms with van der Waals surface area (Å²) in [6, 6.07) is 0. The summed E-state index contributed by atoms with van der Waals surface area (Å²) in [6.07, 6.45) is 24.9. The van der Waals surface area contributed by atoms with E-state index in [0.29, 0.717) is 0 Å². The molecule has 0 radical (unpaired) electrons. The van der Waals surface area contributed by atoms with E-state index >= 15 is 0 Å². The summed E-state index contributed by atoms with van der Waals surface area (Å²) in [4.78, 5) is 11.8. The van der Waals surface area contributed by atoms with Gasteiger partial charge in [0, 0.05) is 0 Å². The first-order valence-corrected chi connectivity index (χ1v) is 14.1. The minimum Gasteiger partial charge on any atom is -0.459 e. The molecule has 0 unspecified atom stereocenters. The minimum atomic E-state index is -0.415. The van der Waals surface area contributed by atoms with Crippen LogP contribution < -0.4 is 0 Å². The van der Waals surface area contributed by atoms with Gasteiger partial charge in [-0.15, -0.1) is 0 Å². The third-order valence-electron chi connectivity index (χ3n) is 9.20. The monoisotopic (exact) mass is 446 g/mol. The molecule has 0 heterocycles. The van der Waals surface area contributed by atoms with Gasteiger partial charge in [0.25, 0.3) is 0 Å². The minimum absolute atomic E-state index is 0.0279. The molecular weight excluding hydrogens is 396 g/mol. The molecule has 0 aromatic carbocycles. The quantitative estimate of drug-likeness (QED) is 0.202. The molecule has 0 aromatic rings. The van der Waals surface area contributed by atoms with Crippen LogP contribution in [0.1, 0.15) is 122 Å². The van der Waals surface area contributed by atoms with Gasteiger partial charge in [0.15, 0.2) is 0 Å². The van der Waals surface area contributed by atoms with Crippen molar-refractivity contribution >= 4 is 5.97 Å². The Balaban J connectivity index is 1.25. The van der Waals surface area contributed by atoms with Crippen LogP contribution in [0.15, 0.2) is 12.2 Å². The molecule has 3 nitrogen and oxygen atoms in total. The lowest BCUT2D eigenvalue weighted by atomic mass is 9.69. The molecule has 0 bridgehead atoms. The van der Waals surface area contributed by atoms with E-state index in [1.807, 2.05) is 0 Å². The van der Waals surface area contributed by atoms with Crippen molar-refractivity contribution in [1.82, 2.24) is 0 Å². The van der Waals surface area contributed by atoms with Gasteiger partial charge in [-0.05, 0) is 68.1 Å². The highest BCUT2D eigenvalue weighted by atomic mass is 16.5. The predicted octanol–water partition coefficient (Wildman–Crippen LogP) is 7.61. The number of ether oxygens (including phenoxy) is 1. The van der Waals surface area contributed by atoms with Gasteiger partial charge in [-0.2, -0.15) is 0 Å². The summed E-state index contributed by atoms with van der Waals surface area (Å²) >= 11 is 0. The molecular formula is C29H50O3. The van der Waals surface area contributed by atoms with Crippen LogP contribution in [0.4, 0.5) is 0 Å². The van der Waals surface area contributed by atoms with Gasteiger partial charge in [0.1, 0.15) is 6.10 Å². The van der Waals surface area contributed by atoms with Crippen LogP contribution in [0, 0.1) is 29.6 Å². The SMILES string of the molecule is C=C(CO)C(=O)OC1CCC(C2CCC(CCC3CCC(CCCCC)CC3)CC2)CC1. The largest absolute Gasteiger partial charge is 0.459 e. The van der Waals surface area contributed by atoms with E-state index in [-0.39, 0.29) is 18.3 Å². The molecule has 1 N–H and O–H groups in total. The van der Waals surface area contributed by atoms with Crippen molar-refractivity contribution in [1.29, 1.82) is 0 Å². The van der Waals surface area contributed by atoms with E-state index in [1.54, 1.807) is 0 Å². The van der Waals surface area contributed by atoms with Gasteiger partial charge < -0.3 is 9.84 Å². The standard InChI is InChI=1S/C29H50O3/c1-3-4-5-6-23-7-9-24(10-8-23)11-12-25-13-15-26(16-14-25)27-17-19-28(20-18-27)32-29(31)22(2)21-30/h23-28,30H,2-21H2,1H3. The highest BCUT2D eigenvalue weighted by Gasteiger charge is 2.32. The van der Waals surface area contributed by atoms with E-state index < -0.39 is 5.97 Å². The van der Waals surface area contributed by atoms with Crippen molar-refractivity contribution in [2.45, 2.75) is 129 Å². The fourth-order valence-electron chi connectivity index (χ4n) is 6.89. The Labute approximate surface area is 197 Å². The molecule has 3 aliphatic carbocycles. The van der Waals surface area contributed by atoms with Crippen LogP contribution >= 0.6 is 0 Å². The van der Waals surface area contributed by atoms with E-state index in [0.717, 1.165) is 42.4 Å². The Morgan fingerprint density at radius 2 is 1.22 bits per heavy atom. The molecule has 32 heavy (non-hydrogen) atoms. The Morgan fingerprint density at radius 3 is 1.72 bits per heavy atom. The van der Waals surface area contributed by atoms with Crippen LogP contribution in [0.25, 0.3) is 0 Å². The first-order valence-electron chi connectivity index (χ1n) is 14.1. The second-order valence-corrected chi connectivity index (χ2v) is 11.4. The maximum absolute atomic E-state index is 11.8. The number of carbonyl (C=O) groups excluding carboxylic acids is 1. The van der Waals surface area contributed by atoms with Crippen molar-refractivity contribution in [3.8, 4) is 0 Å². The maximum atomic E-state index is 11.8. The van der Waals surface area contributed by atoms with E-state index in [1.165, 1.54) is 103 Å². The molecule has 184 valence electrons. The highest BCUT2D eigenvalue weighted by molar-refractivity contribution is 5.88. The third kappa shape index (κ3) is 8.19. The van der Waals surface area contributed by atoms with Crippen molar-refractivity contribution in [3.63, 3.8) is 0 Å². The van der Waals surface area contributed by atoms with Crippen molar-refractivity contribution in [2.75, 3.05) is 6.61 Å². The Bertz CT molecular complexity index is 547. The second kappa shape index (κ2) is 13.8. The Kier molecular flexibility index (Phi) is 11.1. The first kappa shape index (κ1) is 25.8. The number of unbranched alkanes of at least 4 members (excludes halogenated alkanes) is 2. The number of aliphatic hydroxyl groups is 1. The first-order chi connectivity index (χ1) is 15.6. The summed E-state index contributed by atoms with van der Waals surface area (Å²) in [6.45, 7) is 5.58. The van der Waals surface area contributed by atoms with E-state index in [2.05, 4.69) is 13.5 Å². The summed E-state index contributed by atoms with van der Waals surface area (Å²) in [7, 11) is 0. The zero-order valence-corrected chi connectivity index (χ0v) is 20.9. The summed E-state index contributed by atoms with van der Waals surface area (Å²) < 4.78 is 5.52. The lowest BCUT2D eigenvalue weighted by Gasteiger charge is -2.38. The molecule has 0 atom stereocenters. The van der Waals surface area contributed by atoms with Gasteiger partial charge in [-0.25, -0.2) is 4.79 Å². The molecule has 3 rings (SSSR count). The van der Waals surface area contributed by atoms with Crippen LogP contribution in [0.5, 0.6) is 0 Å². The molecule has 0 amide bonds. The van der Waals surface area contributed by atoms with Gasteiger partial charge in [-0.1, -0.05) is 90.6 Å². The lowest BCUT2D eigenvalue weighted by Crippen LogP contribution is -2.30. The number of aliphatic hydroxyl groups excluding tert-OH is 1. The maximum Gasteiger partial charge on any atom is 0.336 e. The summed E-state index contributed by atoms with van der Waals surface area (Å²) in [5.41, 5.74) is 0.172. The number of hydrogen-bond donors (Lipinski definition) is 1. The lowest BCUT2D eigenvalue weighted by molar-refractivity contribution is -0.146. The molecule has 0 aliphatic heterocycles. The Morgan fingerprint density at radius 1 is 0.750 bits per heavy atom. The smallest absolute Gasteiger partial charge is 0.336 e. The molecule has 0 saturated heterocycles. The highest BCUT2D eigenvalue weighted by Crippen LogP contribution is 2.43. The number of carbonyl (C=O) groups is 1. The van der Waals surface area contributed by atoms with Gasteiger partial charge in [0.2, 0.25) is 0 Å². The average Bonchev–Trinajstić information content (AvgIpc) is 2.84.